The molecule has 2 atom stereocenters. The number of likely N-dealkylation sites (N-methyl/N-ethyl adjacent to an activating group) is 1. The Balaban J connectivity index is 4.20. The molecule has 0 N–H and O–H groups in total. The number of aliphatic carboxylic acids is 1. The third-order valence-corrected chi connectivity index (χ3v) is 12.0. The molecule has 0 saturated carbocycles. The van der Waals surface area contributed by atoms with Gasteiger partial charge in [-0.2, -0.15) is 0 Å². The summed E-state index contributed by atoms with van der Waals surface area (Å²) in [5, 5.41) is 11.7. The van der Waals surface area contributed by atoms with Crippen LogP contribution in [-0.2, 0) is 33.3 Å². The van der Waals surface area contributed by atoms with Crippen LogP contribution in [0.25, 0.3) is 0 Å². The number of hydrogen-bond acceptors (Lipinski definition) is 8. The monoisotopic (exact) mass is 894 g/mol. The molecule has 0 rings (SSSR count). The SMILES string of the molecule is CCCCCCCCCC/C=C\CCCCCCCCCCCCCCCC(=O)OC(COC(=O)CCCCCCCCCCCCCCC)COC(OCC[N+](C)(C)C)C(=O)[O-]. The van der Waals surface area contributed by atoms with Crippen molar-refractivity contribution in [2.24, 2.45) is 0 Å². The minimum atomic E-state index is -1.61. The maximum absolute atomic E-state index is 12.8. The summed E-state index contributed by atoms with van der Waals surface area (Å²) in [5.41, 5.74) is 0. The summed E-state index contributed by atoms with van der Waals surface area (Å²) >= 11 is 0. The Bertz CT molecular complexity index is 1040. The molecule has 0 aromatic heterocycles. The lowest BCUT2D eigenvalue weighted by Crippen LogP contribution is -2.44. The molecule has 0 heterocycles. The molecule has 0 spiro atoms. The van der Waals surface area contributed by atoms with Crippen molar-refractivity contribution in [2.45, 2.75) is 270 Å². The number of nitrogens with zero attached hydrogens (tertiary/aromatic N) is 1. The smallest absolute Gasteiger partial charge is 0.306 e. The van der Waals surface area contributed by atoms with Gasteiger partial charge in [0.15, 0.2) is 12.4 Å². The van der Waals surface area contributed by atoms with E-state index in [0.29, 0.717) is 17.4 Å². The molecule has 9 heteroatoms. The maximum atomic E-state index is 12.8. The summed E-state index contributed by atoms with van der Waals surface area (Å²) < 4.78 is 22.6. The van der Waals surface area contributed by atoms with Gasteiger partial charge in [-0.25, -0.2) is 0 Å². The first-order valence-electron chi connectivity index (χ1n) is 26.8. The number of rotatable bonds is 50. The maximum Gasteiger partial charge on any atom is 0.306 e. The third kappa shape index (κ3) is 47.8. The summed E-state index contributed by atoms with van der Waals surface area (Å²) in [7, 11) is 5.92. The summed E-state index contributed by atoms with van der Waals surface area (Å²) in [4.78, 5) is 37.1. The van der Waals surface area contributed by atoms with E-state index in [1.165, 1.54) is 193 Å². The molecule has 0 aromatic carbocycles. The molecule has 0 amide bonds. The topological polar surface area (TPSA) is 111 Å². The van der Waals surface area contributed by atoms with Crippen LogP contribution in [0, 0.1) is 0 Å². The number of esters is 2. The van der Waals surface area contributed by atoms with Gasteiger partial charge in [-0.05, 0) is 38.5 Å². The lowest BCUT2D eigenvalue weighted by atomic mass is 10.0. The van der Waals surface area contributed by atoms with Crippen LogP contribution in [0.2, 0.25) is 0 Å². The highest BCUT2D eigenvalue weighted by Crippen LogP contribution is 2.16. The van der Waals surface area contributed by atoms with E-state index in [1.54, 1.807) is 0 Å². The molecule has 2 unspecified atom stereocenters. The van der Waals surface area contributed by atoms with Gasteiger partial charge < -0.3 is 33.3 Å². The third-order valence-electron chi connectivity index (χ3n) is 12.0. The molecule has 0 aromatic rings. The zero-order chi connectivity index (χ0) is 46.3. The Morgan fingerprint density at radius 2 is 0.810 bits per heavy atom. The van der Waals surface area contributed by atoms with E-state index in [4.69, 9.17) is 18.9 Å². The van der Waals surface area contributed by atoms with Crippen molar-refractivity contribution < 1.29 is 42.9 Å². The van der Waals surface area contributed by atoms with E-state index in [-0.39, 0.29) is 32.2 Å². The Hall–Kier alpha value is -1.97. The molecule has 0 aliphatic rings. The van der Waals surface area contributed by atoms with Gasteiger partial charge in [0.2, 0.25) is 0 Å². The molecule has 9 nitrogen and oxygen atoms in total. The Morgan fingerprint density at radius 1 is 0.460 bits per heavy atom. The largest absolute Gasteiger partial charge is 0.545 e. The molecular weight excluding hydrogens is 791 g/mol. The van der Waals surface area contributed by atoms with E-state index in [0.717, 1.165) is 38.5 Å². The summed E-state index contributed by atoms with van der Waals surface area (Å²) in [6, 6.07) is 0. The van der Waals surface area contributed by atoms with E-state index < -0.39 is 24.3 Å². The highest BCUT2D eigenvalue weighted by atomic mass is 16.7. The van der Waals surface area contributed by atoms with Crippen molar-refractivity contribution in [1.82, 2.24) is 0 Å². The standard InChI is InChI=1S/C54H103NO8/c1-6-8-10-12-14-16-18-20-21-22-23-24-25-26-27-28-29-30-31-33-35-37-39-41-43-45-52(57)63-50(49-62-54(53(58)59)60-47-46-55(3,4)5)48-61-51(56)44-42-40-38-36-34-32-19-17-15-13-11-9-7-2/h22-23,50,54H,6-21,24-49H2,1-5H3/b23-22-. The first-order chi connectivity index (χ1) is 30.6. The van der Waals surface area contributed by atoms with Crippen molar-refractivity contribution in [2.75, 3.05) is 47.5 Å². The lowest BCUT2D eigenvalue weighted by Gasteiger charge is -2.26. The van der Waals surface area contributed by atoms with Crippen molar-refractivity contribution in [1.29, 1.82) is 0 Å². The number of hydrogen-bond donors (Lipinski definition) is 0. The van der Waals surface area contributed by atoms with E-state index in [2.05, 4.69) is 26.0 Å². The van der Waals surface area contributed by atoms with Crippen LogP contribution in [0.1, 0.15) is 258 Å². The zero-order valence-corrected chi connectivity index (χ0v) is 42.2. The van der Waals surface area contributed by atoms with Crippen LogP contribution in [0.3, 0.4) is 0 Å². The molecule has 0 saturated heterocycles. The highest BCUT2D eigenvalue weighted by molar-refractivity contribution is 5.70. The minimum absolute atomic E-state index is 0.151. The summed E-state index contributed by atoms with van der Waals surface area (Å²) in [6.07, 6.45) is 48.2. The predicted molar refractivity (Wildman–Crippen MR) is 260 cm³/mol. The number of ether oxygens (including phenoxy) is 4. The number of unbranched alkanes of at least 4 members (excludes halogenated alkanes) is 33. The van der Waals surface area contributed by atoms with Gasteiger partial charge in [0.1, 0.15) is 13.2 Å². The number of carboxylic acid groups (broad SMARTS) is 1. The van der Waals surface area contributed by atoms with Crippen LogP contribution in [0.15, 0.2) is 12.2 Å². The molecule has 0 fully saturated rings. The molecule has 63 heavy (non-hydrogen) atoms. The average molecular weight is 894 g/mol. The van der Waals surface area contributed by atoms with Crippen molar-refractivity contribution >= 4 is 17.9 Å². The van der Waals surface area contributed by atoms with Crippen molar-refractivity contribution in [3.05, 3.63) is 12.2 Å². The predicted octanol–water partition coefficient (Wildman–Crippen LogP) is 13.7. The Morgan fingerprint density at radius 3 is 1.17 bits per heavy atom. The van der Waals surface area contributed by atoms with Crippen LogP contribution in [0.5, 0.6) is 0 Å². The van der Waals surface area contributed by atoms with Gasteiger partial charge in [-0.3, -0.25) is 9.59 Å². The van der Waals surface area contributed by atoms with Crippen LogP contribution in [0.4, 0.5) is 0 Å². The van der Waals surface area contributed by atoms with Gasteiger partial charge in [-0.1, -0.05) is 219 Å². The number of carbonyl (C=O) groups is 3. The van der Waals surface area contributed by atoms with E-state index in [1.807, 2.05) is 21.1 Å². The van der Waals surface area contributed by atoms with Gasteiger partial charge >= 0.3 is 11.9 Å². The minimum Gasteiger partial charge on any atom is -0.545 e. The molecule has 0 radical (unpaired) electrons. The number of carbonyl (C=O) groups excluding carboxylic acids is 3. The Labute approximate surface area is 389 Å². The second kappa shape index (κ2) is 46.6. The summed E-state index contributed by atoms with van der Waals surface area (Å²) in [5.74, 6) is -2.26. The molecule has 0 bridgehead atoms. The zero-order valence-electron chi connectivity index (χ0n) is 42.2. The molecule has 372 valence electrons. The normalized spacial score (nSPS) is 12.8. The molecular formula is C54H103NO8. The fourth-order valence-corrected chi connectivity index (χ4v) is 7.83. The van der Waals surface area contributed by atoms with E-state index >= 15 is 0 Å². The summed E-state index contributed by atoms with van der Waals surface area (Å²) in [6.45, 7) is 4.78. The molecule has 0 aliphatic heterocycles. The van der Waals surface area contributed by atoms with Crippen LogP contribution >= 0.6 is 0 Å². The van der Waals surface area contributed by atoms with Gasteiger partial charge in [-0.15, -0.1) is 0 Å². The van der Waals surface area contributed by atoms with E-state index in [9.17, 15) is 19.5 Å². The first kappa shape index (κ1) is 61.0. The lowest BCUT2D eigenvalue weighted by molar-refractivity contribution is -0.870. The quantitative estimate of drug-likeness (QED) is 0.0195. The van der Waals surface area contributed by atoms with Crippen LogP contribution < -0.4 is 5.11 Å². The fourth-order valence-electron chi connectivity index (χ4n) is 7.83. The fraction of sp³-hybridized carbons (Fsp3) is 0.907. The van der Waals surface area contributed by atoms with Crippen molar-refractivity contribution in [3.63, 3.8) is 0 Å². The Kier molecular flexibility index (Phi) is 45.1. The molecule has 0 aliphatic carbocycles. The second-order valence-electron chi connectivity index (χ2n) is 19.5. The highest BCUT2D eigenvalue weighted by Gasteiger charge is 2.22. The average Bonchev–Trinajstić information content (AvgIpc) is 3.24. The first-order valence-corrected chi connectivity index (χ1v) is 26.8. The van der Waals surface area contributed by atoms with Gasteiger partial charge in [0, 0.05) is 12.8 Å². The number of quaternary nitrogens is 1. The number of allylic oxidation sites excluding steroid dienone is 2. The van der Waals surface area contributed by atoms with Gasteiger partial charge in [0.05, 0.1) is 40.3 Å². The number of carboxylic acids is 1. The van der Waals surface area contributed by atoms with Gasteiger partial charge in [0.25, 0.3) is 0 Å². The van der Waals surface area contributed by atoms with Crippen molar-refractivity contribution in [3.8, 4) is 0 Å². The second-order valence-corrected chi connectivity index (χ2v) is 19.5. The van der Waals surface area contributed by atoms with Crippen LogP contribution in [-0.4, -0.2) is 82.3 Å².